The lowest BCUT2D eigenvalue weighted by Gasteiger charge is -2.11. The molecular formula is C18H19FN2O4. The molecule has 3 rings (SSSR count). The van der Waals surface area contributed by atoms with Gasteiger partial charge in [-0.25, -0.2) is 4.39 Å². The van der Waals surface area contributed by atoms with Crippen LogP contribution in [0.2, 0.25) is 0 Å². The number of hydrazine groups is 1. The number of amides is 2. The smallest absolute Gasteiger partial charge is 0.267 e. The molecule has 6 nitrogen and oxygen atoms in total. The molecule has 0 radical (unpaired) electrons. The summed E-state index contributed by atoms with van der Waals surface area (Å²) in [5.74, 6) is -0.0575. The van der Waals surface area contributed by atoms with Gasteiger partial charge in [0.05, 0.1) is 5.56 Å². The number of hydrogen-bond donors (Lipinski definition) is 2. The maximum absolute atomic E-state index is 13.7. The quantitative estimate of drug-likeness (QED) is 0.815. The Morgan fingerprint density at radius 1 is 1.16 bits per heavy atom. The number of carbonyl (C=O) groups excluding carboxylic acids is 2. The van der Waals surface area contributed by atoms with Crippen molar-refractivity contribution in [3.63, 3.8) is 0 Å². The first-order valence-electron chi connectivity index (χ1n) is 8.17. The molecule has 0 bridgehead atoms. The number of halogens is 1. The largest absolute Gasteiger partial charge is 0.461 e. The average molecular weight is 346 g/mol. The number of benzene rings is 1. The Bertz CT molecular complexity index is 753. The number of rotatable bonds is 5. The van der Waals surface area contributed by atoms with Gasteiger partial charge in [-0.1, -0.05) is 12.1 Å². The molecule has 1 aliphatic heterocycles. The molecule has 0 spiro atoms. The molecule has 2 N–H and O–H groups in total. The molecule has 1 fully saturated rings. The highest BCUT2D eigenvalue weighted by atomic mass is 19.1. The normalized spacial score (nSPS) is 16.6. The number of hydrogen-bond acceptors (Lipinski definition) is 4. The van der Waals surface area contributed by atoms with E-state index in [-0.39, 0.29) is 24.1 Å². The van der Waals surface area contributed by atoms with Gasteiger partial charge in [-0.2, -0.15) is 0 Å². The van der Waals surface area contributed by atoms with Crippen molar-refractivity contribution in [2.45, 2.75) is 31.8 Å². The minimum Gasteiger partial charge on any atom is -0.461 e. The standard InChI is InChI=1S/C18H19FN2O4/c19-14-5-2-1-4-13(14)15-9-7-12(25-15)8-10-17(22)20-21-18(23)16-6-3-11-24-16/h1-2,4-5,7,9,16H,3,6,8,10-11H2,(H,20,22)(H,21,23). The van der Waals surface area contributed by atoms with Crippen LogP contribution in [0.15, 0.2) is 40.8 Å². The Balaban J connectivity index is 1.46. The molecule has 25 heavy (non-hydrogen) atoms. The Hall–Kier alpha value is -2.67. The molecule has 7 heteroatoms. The molecule has 0 saturated carbocycles. The second kappa shape index (κ2) is 7.94. The van der Waals surface area contributed by atoms with E-state index in [2.05, 4.69) is 10.9 Å². The number of furan rings is 1. The van der Waals surface area contributed by atoms with Gasteiger partial charge in [-0.15, -0.1) is 0 Å². The topological polar surface area (TPSA) is 80.6 Å². The Morgan fingerprint density at radius 2 is 2.00 bits per heavy atom. The fourth-order valence-electron chi connectivity index (χ4n) is 2.61. The summed E-state index contributed by atoms with van der Waals surface area (Å²) >= 11 is 0. The van der Waals surface area contributed by atoms with E-state index in [9.17, 15) is 14.0 Å². The number of ether oxygens (including phenoxy) is 1. The van der Waals surface area contributed by atoms with E-state index in [1.54, 1.807) is 30.3 Å². The summed E-state index contributed by atoms with van der Waals surface area (Å²) in [7, 11) is 0. The lowest BCUT2D eigenvalue weighted by molar-refractivity contribution is -0.134. The monoisotopic (exact) mass is 346 g/mol. The number of carbonyl (C=O) groups is 2. The van der Waals surface area contributed by atoms with E-state index < -0.39 is 6.10 Å². The van der Waals surface area contributed by atoms with E-state index in [1.165, 1.54) is 6.07 Å². The van der Waals surface area contributed by atoms with Gasteiger partial charge >= 0.3 is 0 Å². The second-order valence-electron chi connectivity index (χ2n) is 5.78. The van der Waals surface area contributed by atoms with Gasteiger partial charge < -0.3 is 9.15 Å². The molecule has 1 unspecified atom stereocenters. The van der Waals surface area contributed by atoms with E-state index >= 15 is 0 Å². The minimum atomic E-state index is -0.492. The summed E-state index contributed by atoms with van der Waals surface area (Å²) < 4.78 is 24.5. The summed E-state index contributed by atoms with van der Waals surface area (Å²) in [6.07, 6.45) is 1.49. The van der Waals surface area contributed by atoms with Crippen molar-refractivity contribution in [3.8, 4) is 11.3 Å². The van der Waals surface area contributed by atoms with Gasteiger partial charge in [-0.05, 0) is 37.1 Å². The van der Waals surface area contributed by atoms with E-state index in [4.69, 9.17) is 9.15 Å². The van der Waals surface area contributed by atoms with Crippen molar-refractivity contribution in [1.82, 2.24) is 10.9 Å². The molecule has 0 aliphatic carbocycles. The third-order valence-electron chi connectivity index (χ3n) is 3.95. The summed E-state index contributed by atoms with van der Waals surface area (Å²) in [6.45, 7) is 0.564. The maximum atomic E-state index is 13.7. The van der Waals surface area contributed by atoms with Crippen LogP contribution in [0, 0.1) is 5.82 Å². The van der Waals surface area contributed by atoms with Crippen LogP contribution >= 0.6 is 0 Å². The van der Waals surface area contributed by atoms with Crippen molar-refractivity contribution < 1.29 is 23.1 Å². The van der Waals surface area contributed by atoms with Crippen LogP contribution in [-0.4, -0.2) is 24.5 Å². The predicted molar refractivity (Wildman–Crippen MR) is 87.7 cm³/mol. The molecule has 2 heterocycles. The maximum Gasteiger partial charge on any atom is 0.267 e. The van der Waals surface area contributed by atoms with Crippen molar-refractivity contribution in [1.29, 1.82) is 0 Å². The average Bonchev–Trinajstić information content (AvgIpc) is 3.30. The third kappa shape index (κ3) is 4.45. The van der Waals surface area contributed by atoms with Gasteiger partial charge in [0.15, 0.2) is 0 Å². The molecule has 2 amide bonds. The first-order valence-corrected chi connectivity index (χ1v) is 8.17. The molecule has 1 aromatic carbocycles. The summed E-state index contributed by atoms with van der Waals surface area (Å²) in [4.78, 5) is 23.5. The van der Waals surface area contributed by atoms with Gasteiger partial charge in [-0.3, -0.25) is 20.4 Å². The molecule has 1 aliphatic rings. The van der Waals surface area contributed by atoms with Gasteiger partial charge in [0.1, 0.15) is 23.4 Å². The summed E-state index contributed by atoms with van der Waals surface area (Å²) in [6, 6.07) is 9.71. The number of nitrogens with one attached hydrogen (secondary N) is 2. The zero-order valence-electron chi connectivity index (χ0n) is 13.6. The van der Waals surface area contributed by atoms with Gasteiger partial charge in [0, 0.05) is 19.4 Å². The van der Waals surface area contributed by atoms with E-state index in [0.717, 1.165) is 6.42 Å². The SMILES string of the molecule is O=C(CCc1ccc(-c2ccccc2F)o1)NNC(=O)C1CCCO1. The van der Waals surface area contributed by atoms with Crippen molar-refractivity contribution in [2.75, 3.05) is 6.61 Å². The Labute approximate surface area is 144 Å². The van der Waals surface area contributed by atoms with Crippen molar-refractivity contribution in [3.05, 3.63) is 48.0 Å². The highest BCUT2D eigenvalue weighted by Crippen LogP contribution is 2.25. The van der Waals surface area contributed by atoms with Gasteiger partial charge in [0.2, 0.25) is 5.91 Å². The Morgan fingerprint density at radius 3 is 2.76 bits per heavy atom. The summed E-state index contributed by atoms with van der Waals surface area (Å²) in [5, 5.41) is 0. The van der Waals surface area contributed by atoms with E-state index in [1.807, 2.05) is 0 Å². The first kappa shape index (κ1) is 17.2. The zero-order valence-corrected chi connectivity index (χ0v) is 13.6. The number of aryl methyl sites for hydroxylation is 1. The molecule has 132 valence electrons. The predicted octanol–water partition coefficient (Wildman–Crippen LogP) is 2.34. The molecule has 1 aromatic heterocycles. The fourth-order valence-corrected chi connectivity index (χ4v) is 2.61. The first-order chi connectivity index (χ1) is 12.1. The molecule has 1 atom stereocenters. The van der Waals surface area contributed by atoms with Crippen molar-refractivity contribution in [2.24, 2.45) is 0 Å². The van der Waals surface area contributed by atoms with Crippen LogP contribution in [0.25, 0.3) is 11.3 Å². The van der Waals surface area contributed by atoms with Crippen LogP contribution in [-0.2, 0) is 20.7 Å². The molecule has 1 saturated heterocycles. The zero-order chi connectivity index (χ0) is 17.6. The lowest BCUT2D eigenvalue weighted by atomic mass is 10.1. The second-order valence-corrected chi connectivity index (χ2v) is 5.78. The highest BCUT2D eigenvalue weighted by molar-refractivity contribution is 5.84. The van der Waals surface area contributed by atoms with Crippen LogP contribution < -0.4 is 10.9 Å². The van der Waals surface area contributed by atoms with Crippen LogP contribution in [0.3, 0.4) is 0 Å². The molecule has 2 aromatic rings. The van der Waals surface area contributed by atoms with Crippen LogP contribution in [0.1, 0.15) is 25.0 Å². The minimum absolute atomic E-state index is 0.135. The fraction of sp³-hybridized carbons (Fsp3) is 0.333. The Kier molecular flexibility index (Phi) is 5.45. The summed E-state index contributed by atoms with van der Waals surface area (Å²) in [5.41, 5.74) is 5.09. The third-order valence-corrected chi connectivity index (χ3v) is 3.95. The van der Waals surface area contributed by atoms with Gasteiger partial charge in [0.25, 0.3) is 5.91 Å². The van der Waals surface area contributed by atoms with Crippen LogP contribution in [0.4, 0.5) is 4.39 Å². The highest BCUT2D eigenvalue weighted by Gasteiger charge is 2.23. The lowest BCUT2D eigenvalue weighted by Crippen LogP contribution is -2.46. The van der Waals surface area contributed by atoms with Crippen LogP contribution in [0.5, 0.6) is 0 Å². The van der Waals surface area contributed by atoms with E-state index in [0.29, 0.717) is 36.5 Å². The van der Waals surface area contributed by atoms with Crippen molar-refractivity contribution >= 4 is 11.8 Å². The molecular weight excluding hydrogens is 327 g/mol.